The number of carbonyl (C=O) groups is 1. The Kier molecular flexibility index (Phi) is 5.28. The van der Waals surface area contributed by atoms with E-state index in [2.05, 4.69) is 25.7 Å². The predicted molar refractivity (Wildman–Crippen MR) is 124 cm³/mol. The van der Waals surface area contributed by atoms with Crippen molar-refractivity contribution in [1.82, 2.24) is 19.6 Å². The van der Waals surface area contributed by atoms with Crippen LogP contribution in [0.3, 0.4) is 0 Å². The SMILES string of the molecule is O=C(Nc1ccncc1)c1nc(NCc2ccccc2)c2c(-c3ccccc3)ccn2n1. The van der Waals surface area contributed by atoms with Gasteiger partial charge in [0.1, 0.15) is 5.52 Å². The van der Waals surface area contributed by atoms with Gasteiger partial charge in [-0.05, 0) is 29.3 Å². The summed E-state index contributed by atoms with van der Waals surface area (Å²) in [7, 11) is 0. The van der Waals surface area contributed by atoms with Crippen LogP contribution in [0.1, 0.15) is 16.2 Å². The van der Waals surface area contributed by atoms with Gasteiger partial charge in [0.2, 0.25) is 5.82 Å². The number of carbonyl (C=O) groups excluding carboxylic acids is 1. The number of amides is 1. The van der Waals surface area contributed by atoms with Gasteiger partial charge in [-0.1, -0.05) is 60.7 Å². The fraction of sp³-hybridized carbons (Fsp3) is 0.0400. The number of rotatable bonds is 6. The maximum Gasteiger partial charge on any atom is 0.295 e. The van der Waals surface area contributed by atoms with Gasteiger partial charge in [0.25, 0.3) is 5.91 Å². The summed E-state index contributed by atoms with van der Waals surface area (Å²) in [5.41, 5.74) is 4.59. The molecule has 0 atom stereocenters. The van der Waals surface area contributed by atoms with Crippen molar-refractivity contribution < 1.29 is 4.79 Å². The average Bonchev–Trinajstić information content (AvgIpc) is 3.29. The minimum absolute atomic E-state index is 0.0695. The van der Waals surface area contributed by atoms with E-state index in [1.807, 2.05) is 72.9 Å². The lowest BCUT2D eigenvalue weighted by molar-refractivity contribution is 0.101. The highest BCUT2D eigenvalue weighted by Crippen LogP contribution is 2.30. The van der Waals surface area contributed by atoms with Crippen LogP contribution in [0.4, 0.5) is 11.5 Å². The van der Waals surface area contributed by atoms with Gasteiger partial charge in [-0.2, -0.15) is 0 Å². The van der Waals surface area contributed by atoms with Gasteiger partial charge in [-0.15, -0.1) is 5.10 Å². The van der Waals surface area contributed by atoms with Crippen molar-refractivity contribution in [2.75, 3.05) is 10.6 Å². The van der Waals surface area contributed by atoms with Crippen LogP contribution in [0.2, 0.25) is 0 Å². The number of hydrogen-bond donors (Lipinski definition) is 2. The molecule has 7 heteroatoms. The summed E-state index contributed by atoms with van der Waals surface area (Å²) in [5, 5.41) is 10.7. The molecule has 0 aliphatic heterocycles. The van der Waals surface area contributed by atoms with Crippen LogP contribution in [-0.2, 0) is 6.54 Å². The summed E-state index contributed by atoms with van der Waals surface area (Å²) >= 11 is 0. The van der Waals surface area contributed by atoms with Crippen LogP contribution in [0.15, 0.2) is 97.5 Å². The van der Waals surface area contributed by atoms with E-state index in [0.29, 0.717) is 18.1 Å². The molecule has 0 saturated heterocycles. The van der Waals surface area contributed by atoms with Crippen molar-refractivity contribution in [3.05, 3.63) is 109 Å². The number of fused-ring (bicyclic) bond motifs is 1. The molecule has 7 nitrogen and oxygen atoms in total. The molecule has 3 aromatic heterocycles. The quantitative estimate of drug-likeness (QED) is 0.418. The number of anilines is 2. The van der Waals surface area contributed by atoms with E-state index < -0.39 is 5.91 Å². The minimum Gasteiger partial charge on any atom is -0.364 e. The first-order valence-electron chi connectivity index (χ1n) is 10.2. The highest BCUT2D eigenvalue weighted by atomic mass is 16.2. The number of nitrogens with one attached hydrogen (secondary N) is 2. The van der Waals surface area contributed by atoms with Crippen molar-refractivity contribution in [1.29, 1.82) is 0 Å². The fourth-order valence-corrected chi connectivity index (χ4v) is 3.50. The molecule has 0 radical (unpaired) electrons. The first kappa shape index (κ1) is 19.4. The molecule has 32 heavy (non-hydrogen) atoms. The third-order valence-corrected chi connectivity index (χ3v) is 5.04. The standard InChI is InChI=1S/C25H20N6O/c32-25(28-20-11-14-26-15-12-20)24-29-23(27-17-18-7-3-1-4-8-18)22-21(13-16-31(22)30-24)19-9-5-2-6-10-19/h1-16H,17H2,(H,26,28,32)(H,27,29,30). The monoisotopic (exact) mass is 420 g/mol. The molecule has 0 unspecified atom stereocenters. The predicted octanol–water partition coefficient (Wildman–Crippen LogP) is 4.66. The molecule has 156 valence electrons. The third-order valence-electron chi connectivity index (χ3n) is 5.04. The Labute approximate surface area is 184 Å². The summed E-state index contributed by atoms with van der Waals surface area (Å²) in [6.07, 6.45) is 5.07. The Morgan fingerprint density at radius 2 is 1.59 bits per heavy atom. The van der Waals surface area contributed by atoms with Gasteiger partial charge in [-0.25, -0.2) is 9.50 Å². The minimum atomic E-state index is -0.393. The number of nitrogens with zero attached hydrogens (tertiary/aromatic N) is 4. The number of aromatic nitrogens is 4. The van der Waals surface area contributed by atoms with E-state index in [1.165, 1.54) is 0 Å². The van der Waals surface area contributed by atoms with E-state index >= 15 is 0 Å². The van der Waals surface area contributed by atoms with Crippen LogP contribution < -0.4 is 10.6 Å². The molecular weight excluding hydrogens is 400 g/mol. The lowest BCUT2D eigenvalue weighted by atomic mass is 10.1. The third kappa shape index (κ3) is 4.04. The van der Waals surface area contributed by atoms with Crippen LogP contribution in [0.25, 0.3) is 16.6 Å². The second-order valence-electron chi connectivity index (χ2n) is 7.20. The summed E-state index contributed by atoms with van der Waals surface area (Å²) in [4.78, 5) is 21.4. The smallest absolute Gasteiger partial charge is 0.295 e. The van der Waals surface area contributed by atoms with Crippen molar-refractivity contribution >= 4 is 22.9 Å². The molecule has 0 aliphatic rings. The molecule has 2 N–H and O–H groups in total. The van der Waals surface area contributed by atoms with Crippen molar-refractivity contribution in [3.63, 3.8) is 0 Å². The van der Waals surface area contributed by atoms with Crippen LogP contribution in [0, 0.1) is 0 Å². The average molecular weight is 420 g/mol. The molecule has 0 aliphatic carbocycles. The molecular formula is C25H20N6O. The molecule has 0 spiro atoms. The highest BCUT2D eigenvalue weighted by Gasteiger charge is 2.18. The zero-order valence-electron chi connectivity index (χ0n) is 17.1. The van der Waals surface area contributed by atoms with Gasteiger partial charge >= 0.3 is 0 Å². The van der Waals surface area contributed by atoms with Gasteiger partial charge in [0.15, 0.2) is 5.82 Å². The molecule has 0 fully saturated rings. The zero-order chi connectivity index (χ0) is 21.8. The summed E-state index contributed by atoms with van der Waals surface area (Å²) in [6.45, 7) is 0.568. The molecule has 5 aromatic rings. The molecule has 5 rings (SSSR count). The van der Waals surface area contributed by atoms with Gasteiger partial charge in [-0.3, -0.25) is 9.78 Å². The van der Waals surface area contributed by atoms with Gasteiger partial charge < -0.3 is 10.6 Å². The lowest BCUT2D eigenvalue weighted by Gasteiger charge is -2.12. The van der Waals surface area contributed by atoms with Gasteiger partial charge in [0, 0.05) is 36.4 Å². The first-order chi connectivity index (χ1) is 15.8. The fourth-order valence-electron chi connectivity index (χ4n) is 3.50. The Balaban J connectivity index is 1.55. The molecule has 3 heterocycles. The largest absolute Gasteiger partial charge is 0.364 e. The molecule has 1 amide bonds. The highest BCUT2D eigenvalue weighted by molar-refractivity contribution is 6.02. The Bertz CT molecular complexity index is 1350. The van der Waals surface area contributed by atoms with Crippen LogP contribution in [-0.4, -0.2) is 25.5 Å². The van der Waals surface area contributed by atoms with E-state index in [4.69, 9.17) is 0 Å². The first-order valence-corrected chi connectivity index (χ1v) is 10.2. The zero-order valence-corrected chi connectivity index (χ0v) is 17.1. The maximum atomic E-state index is 12.9. The van der Waals surface area contributed by atoms with Crippen LogP contribution in [0.5, 0.6) is 0 Å². The van der Waals surface area contributed by atoms with Crippen molar-refractivity contribution in [2.45, 2.75) is 6.54 Å². The Morgan fingerprint density at radius 3 is 2.34 bits per heavy atom. The lowest BCUT2D eigenvalue weighted by Crippen LogP contribution is -2.19. The van der Waals surface area contributed by atoms with Gasteiger partial charge in [0.05, 0.1) is 0 Å². The maximum absolute atomic E-state index is 12.9. The number of benzene rings is 2. The van der Waals surface area contributed by atoms with Crippen molar-refractivity contribution in [3.8, 4) is 11.1 Å². The molecule has 0 saturated carbocycles. The van der Waals surface area contributed by atoms with E-state index in [9.17, 15) is 4.79 Å². The number of pyridine rings is 1. The summed E-state index contributed by atoms with van der Waals surface area (Å²) in [6, 6.07) is 25.5. The number of hydrogen-bond acceptors (Lipinski definition) is 5. The van der Waals surface area contributed by atoms with Crippen LogP contribution >= 0.6 is 0 Å². The van der Waals surface area contributed by atoms with E-state index in [0.717, 1.165) is 22.2 Å². The van der Waals surface area contributed by atoms with E-state index in [1.54, 1.807) is 29.0 Å². The van der Waals surface area contributed by atoms with Crippen molar-refractivity contribution in [2.24, 2.45) is 0 Å². The van der Waals surface area contributed by atoms with E-state index in [-0.39, 0.29) is 5.82 Å². The Hall–Kier alpha value is -4.52. The second kappa shape index (κ2) is 8.69. The molecule has 0 bridgehead atoms. The topological polar surface area (TPSA) is 84.2 Å². The molecule has 2 aromatic carbocycles. The normalized spacial score (nSPS) is 10.8. The second-order valence-corrected chi connectivity index (χ2v) is 7.20. The summed E-state index contributed by atoms with van der Waals surface area (Å²) in [5.74, 6) is 0.267. The summed E-state index contributed by atoms with van der Waals surface area (Å²) < 4.78 is 1.70. The Morgan fingerprint density at radius 1 is 0.875 bits per heavy atom.